The van der Waals surface area contributed by atoms with Crippen molar-refractivity contribution in [2.75, 3.05) is 6.61 Å². The summed E-state index contributed by atoms with van der Waals surface area (Å²) in [6.07, 6.45) is -5.66. The third-order valence-corrected chi connectivity index (χ3v) is 7.61. The number of nitrogens with one attached hydrogen (secondary N) is 2. The van der Waals surface area contributed by atoms with Crippen LogP contribution in [0.1, 0.15) is 6.23 Å². The predicted molar refractivity (Wildman–Crippen MR) is 92.3 cm³/mol. The first-order chi connectivity index (χ1) is 14.6. The molecule has 1 aliphatic heterocycles. The van der Waals surface area contributed by atoms with Crippen molar-refractivity contribution in [1.29, 1.82) is 0 Å². The maximum absolute atomic E-state index is 11.7. The minimum atomic E-state index is -6.06. The maximum Gasteiger partial charge on any atom is 1.00 e. The van der Waals surface area contributed by atoms with E-state index in [4.69, 9.17) is 9.63 Å². The van der Waals surface area contributed by atoms with Crippen LogP contribution < -0.4 is 80.2 Å². The zero-order chi connectivity index (χ0) is 24.1. The molecule has 1 saturated heterocycles. The number of aliphatic hydroxyl groups excluding tert-OH is 2. The Balaban J connectivity index is 0.00000289. The molecule has 3 rings (SSSR count). The number of ether oxygens (including phenoxy) is 1. The number of phosphoric ester groups is 1. The number of rotatable bonds is 8. The molecular weight excluding hydrogens is 555 g/mol. The molecule has 7 unspecified atom stereocenters. The summed E-state index contributed by atoms with van der Waals surface area (Å²) in [5.41, 5.74) is -2.20. The van der Waals surface area contributed by atoms with E-state index in [2.05, 4.69) is 23.1 Å². The number of hydrogen-bond donors (Lipinski definition) is 6. The smallest absolute Gasteiger partial charge is 0.756 e. The van der Waals surface area contributed by atoms with Gasteiger partial charge in [0.05, 0.1) is 12.9 Å². The Kier molecular flexibility index (Phi) is 11.3. The van der Waals surface area contributed by atoms with Crippen molar-refractivity contribution in [3.8, 4) is 0 Å². The van der Waals surface area contributed by atoms with Crippen molar-refractivity contribution in [2.45, 2.75) is 24.5 Å². The van der Waals surface area contributed by atoms with E-state index in [1.807, 2.05) is 4.98 Å². The van der Waals surface area contributed by atoms with Crippen LogP contribution in [0.15, 0.2) is 15.9 Å². The molecule has 2 aromatic heterocycles. The third-order valence-electron chi connectivity index (χ3n) is 3.89. The Hall–Kier alpha value is 0.440. The van der Waals surface area contributed by atoms with E-state index in [0.29, 0.717) is 0 Å². The van der Waals surface area contributed by atoms with Crippen LogP contribution >= 0.6 is 23.5 Å². The summed E-state index contributed by atoms with van der Waals surface area (Å²) in [4.78, 5) is 70.5. The summed E-state index contributed by atoms with van der Waals surface area (Å²) in [7, 11) is -17.5. The van der Waals surface area contributed by atoms with E-state index >= 15 is 0 Å². The number of aromatic nitrogens is 4. The van der Waals surface area contributed by atoms with Crippen molar-refractivity contribution in [1.82, 2.24) is 19.5 Å². The Morgan fingerprint density at radius 1 is 1.09 bits per heavy atom. The number of aromatic amines is 2. The molecule has 3 heterocycles. The third kappa shape index (κ3) is 7.97. The topological polar surface area (TPSA) is 299 Å². The van der Waals surface area contributed by atoms with E-state index < -0.39 is 65.9 Å². The molecule has 2 aromatic rings. The van der Waals surface area contributed by atoms with E-state index in [1.54, 1.807) is 0 Å². The number of phosphoric acid groups is 3. The van der Waals surface area contributed by atoms with E-state index in [9.17, 15) is 48.2 Å². The number of nitrogens with zero attached hydrogens (tertiary/aromatic N) is 2. The number of aliphatic hydroxyl groups is 2. The van der Waals surface area contributed by atoms with Crippen LogP contribution in [-0.4, -0.2) is 64.4 Å². The van der Waals surface area contributed by atoms with Gasteiger partial charge in [-0.3, -0.25) is 33.0 Å². The van der Waals surface area contributed by atoms with Gasteiger partial charge in [-0.2, -0.15) is 0 Å². The van der Waals surface area contributed by atoms with Gasteiger partial charge >= 0.3 is 72.6 Å². The molecule has 0 aliphatic carbocycles. The number of imidazole rings is 1. The van der Waals surface area contributed by atoms with Crippen LogP contribution in [0.25, 0.3) is 11.2 Å². The molecule has 19 nitrogen and oxygen atoms in total. The standard InChI is InChI=1S/C10H15N4O15P3.2Na/c15-5-3(1-26-31(22,23)29-32(24,25)28-30(19,20)21)27-9(6(5)16)14-2-11-4-7(14)12-10(18)13-8(4)17;;/h2-3,5-6,9,15-16H,1H2,(H,22,23)(H,24,25)(H2,19,20,21)(H2,12,13,17,18);;/q;2*+1/p-2. The van der Waals surface area contributed by atoms with Gasteiger partial charge in [0.15, 0.2) is 11.7 Å². The van der Waals surface area contributed by atoms with Crippen molar-refractivity contribution in [3.63, 3.8) is 0 Å². The average Bonchev–Trinajstić information content (AvgIpc) is 3.12. The Morgan fingerprint density at radius 2 is 1.71 bits per heavy atom. The van der Waals surface area contributed by atoms with Gasteiger partial charge in [-0.1, -0.05) is 0 Å². The summed E-state index contributed by atoms with van der Waals surface area (Å²) < 4.78 is 50.6. The monoisotopic (exact) mass is 568 g/mol. The number of H-pyrrole nitrogens is 2. The van der Waals surface area contributed by atoms with Crippen LogP contribution in [0.3, 0.4) is 0 Å². The minimum Gasteiger partial charge on any atom is -0.756 e. The summed E-state index contributed by atoms with van der Waals surface area (Å²) in [6.45, 7) is -1.08. The Morgan fingerprint density at radius 3 is 2.29 bits per heavy atom. The quantitative estimate of drug-likeness (QED) is 0.127. The molecular formula is C10H13N4Na2O15P3. The van der Waals surface area contributed by atoms with Gasteiger partial charge in [-0.25, -0.2) is 23.0 Å². The van der Waals surface area contributed by atoms with Crippen LogP contribution in [0, 0.1) is 0 Å². The number of hydrogen-bond acceptors (Lipinski definition) is 14. The Bertz CT molecular complexity index is 1270. The molecule has 0 aromatic carbocycles. The molecule has 1 aliphatic rings. The van der Waals surface area contributed by atoms with Crippen LogP contribution in [0.5, 0.6) is 0 Å². The Labute approximate surface area is 231 Å². The van der Waals surface area contributed by atoms with E-state index in [0.717, 1.165) is 10.9 Å². The van der Waals surface area contributed by atoms with Crippen LogP contribution in [-0.2, 0) is 31.6 Å². The molecule has 6 N–H and O–H groups in total. The van der Waals surface area contributed by atoms with Gasteiger partial charge in [-0.05, 0) is 0 Å². The van der Waals surface area contributed by atoms with Crippen LogP contribution in [0.2, 0.25) is 0 Å². The van der Waals surface area contributed by atoms with Crippen molar-refractivity contribution in [2.24, 2.45) is 0 Å². The maximum atomic E-state index is 11.7. The zero-order valence-corrected chi connectivity index (χ0v) is 23.8. The summed E-state index contributed by atoms with van der Waals surface area (Å²) in [5, 5.41) is 20.3. The van der Waals surface area contributed by atoms with Crippen molar-refractivity contribution in [3.05, 3.63) is 27.2 Å². The average molecular weight is 568 g/mol. The first-order valence-electron chi connectivity index (χ1n) is 8.04. The predicted octanol–water partition coefficient (Wildman–Crippen LogP) is -9.88. The molecule has 24 heteroatoms. The van der Waals surface area contributed by atoms with Crippen molar-refractivity contribution < 1.29 is 120 Å². The fourth-order valence-electron chi connectivity index (χ4n) is 2.70. The van der Waals surface area contributed by atoms with E-state index in [1.165, 1.54) is 0 Å². The van der Waals surface area contributed by atoms with Crippen LogP contribution in [0.4, 0.5) is 0 Å². The first kappa shape index (κ1) is 32.5. The van der Waals surface area contributed by atoms with Gasteiger partial charge in [-0.15, -0.1) is 0 Å². The number of fused-ring (bicyclic) bond motifs is 1. The van der Waals surface area contributed by atoms with Gasteiger partial charge < -0.3 is 34.5 Å². The van der Waals surface area contributed by atoms with Crippen molar-refractivity contribution >= 4 is 34.6 Å². The minimum absolute atomic E-state index is 0. The fourth-order valence-corrected chi connectivity index (χ4v) is 5.63. The molecule has 180 valence electrons. The second-order valence-corrected chi connectivity index (χ2v) is 10.5. The second-order valence-electron chi connectivity index (χ2n) is 6.15. The van der Waals surface area contributed by atoms with Gasteiger partial charge in [0.1, 0.15) is 24.0 Å². The molecule has 0 bridgehead atoms. The summed E-state index contributed by atoms with van der Waals surface area (Å²) >= 11 is 0. The first-order valence-corrected chi connectivity index (χ1v) is 12.5. The largest absolute Gasteiger partial charge is 1.00 e. The van der Waals surface area contributed by atoms with Gasteiger partial charge in [0.25, 0.3) is 21.2 Å². The normalized spacial score (nSPS) is 27.7. The molecule has 0 saturated carbocycles. The molecule has 0 spiro atoms. The van der Waals surface area contributed by atoms with Gasteiger partial charge in [0.2, 0.25) is 0 Å². The molecule has 7 atom stereocenters. The zero-order valence-electron chi connectivity index (χ0n) is 17.1. The summed E-state index contributed by atoms with van der Waals surface area (Å²) in [5.74, 6) is 0. The van der Waals surface area contributed by atoms with Gasteiger partial charge in [0, 0.05) is 0 Å². The second kappa shape index (κ2) is 11.9. The molecule has 0 radical (unpaired) electrons. The molecule has 1 fully saturated rings. The molecule has 0 amide bonds. The SMILES string of the molecule is O=c1[nH]c(=O)c2ncn(C3OC(COP(=O)(O)OP(=O)([O-])OP(=O)([O-])O)C(O)C3O)c2[nH]1.[Na+].[Na+]. The fraction of sp³-hybridized carbons (Fsp3) is 0.500. The summed E-state index contributed by atoms with van der Waals surface area (Å²) in [6, 6.07) is 0. The molecule has 34 heavy (non-hydrogen) atoms. The van der Waals surface area contributed by atoms with E-state index in [-0.39, 0.29) is 70.3 Å².